The van der Waals surface area contributed by atoms with Gasteiger partial charge in [-0.3, -0.25) is 14.4 Å². The van der Waals surface area contributed by atoms with Crippen molar-refractivity contribution in [2.75, 3.05) is 32.7 Å². The van der Waals surface area contributed by atoms with Crippen LogP contribution in [0, 0.1) is 6.92 Å². The van der Waals surface area contributed by atoms with E-state index in [1.165, 1.54) is 12.1 Å². The van der Waals surface area contributed by atoms with Crippen LogP contribution in [0.2, 0.25) is 0 Å². The molecular formula is C19H23F3N4O. The van der Waals surface area contributed by atoms with E-state index >= 15 is 0 Å². The van der Waals surface area contributed by atoms with Gasteiger partial charge in [0.25, 0.3) is 5.91 Å². The van der Waals surface area contributed by atoms with Crippen molar-refractivity contribution in [2.45, 2.75) is 19.5 Å². The zero-order valence-corrected chi connectivity index (χ0v) is 15.5. The molecule has 0 spiro atoms. The number of aryl methyl sites for hydroxylation is 2. The highest BCUT2D eigenvalue weighted by Gasteiger charge is 2.33. The monoisotopic (exact) mass is 380 g/mol. The summed E-state index contributed by atoms with van der Waals surface area (Å²) < 4.78 is 40.8. The lowest BCUT2D eigenvalue weighted by Crippen LogP contribution is -2.49. The Morgan fingerprint density at radius 3 is 2.41 bits per heavy atom. The Labute approximate surface area is 156 Å². The normalized spacial score (nSPS) is 16.0. The molecule has 0 radical (unpaired) electrons. The van der Waals surface area contributed by atoms with Gasteiger partial charge in [0.15, 0.2) is 0 Å². The van der Waals surface area contributed by atoms with Gasteiger partial charge in [0.2, 0.25) is 0 Å². The summed E-state index contributed by atoms with van der Waals surface area (Å²) in [6.45, 7) is 4.80. The molecule has 2 aromatic rings. The summed E-state index contributed by atoms with van der Waals surface area (Å²) in [5, 5.41) is 4.20. The number of benzene rings is 1. The molecule has 2 heterocycles. The molecule has 146 valence electrons. The van der Waals surface area contributed by atoms with E-state index in [4.69, 9.17) is 0 Å². The van der Waals surface area contributed by atoms with Crippen LogP contribution in [0.1, 0.15) is 27.3 Å². The molecule has 0 aliphatic carbocycles. The highest BCUT2D eigenvalue weighted by Crippen LogP contribution is 2.32. The summed E-state index contributed by atoms with van der Waals surface area (Å²) in [5.41, 5.74) is 1.10. The number of alkyl halides is 3. The summed E-state index contributed by atoms with van der Waals surface area (Å²) in [5.74, 6) is -0.0554. The van der Waals surface area contributed by atoms with Crippen LogP contribution < -0.4 is 0 Å². The van der Waals surface area contributed by atoms with Gasteiger partial charge >= 0.3 is 6.18 Å². The minimum atomic E-state index is -4.33. The number of carbonyl (C=O) groups excluding carboxylic acids is 1. The molecule has 3 rings (SSSR count). The zero-order valence-electron chi connectivity index (χ0n) is 15.5. The lowest BCUT2D eigenvalue weighted by Gasteiger charge is -2.34. The van der Waals surface area contributed by atoms with Gasteiger partial charge in [0.1, 0.15) is 5.69 Å². The van der Waals surface area contributed by atoms with E-state index < -0.39 is 11.7 Å². The van der Waals surface area contributed by atoms with E-state index in [0.29, 0.717) is 50.4 Å². The number of aromatic nitrogens is 2. The van der Waals surface area contributed by atoms with E-state index in [1.54, 1.807) is 28.8 Å². The first-order valence-corrected chi connectivity index (χ1v) is 8.93. The summed E-state index contributed by atoms with van der Waals surface area (Å²) in [7, 11) is 1.74. The van der Waals surface area contributed by atoms with Crippen LogP contribution in [0.3, 0.4) is 0 Å². The molecule has 8 heteroatoms. The summed E-state index contributed by atoms with van der Waals surface area (Å²) >= 11 is 0. The highest BCUT2D eigenvalue weighted by atomic mass is 19.4. The van der Waals surface area contributed by atoms with Gasteiger partial charge in [-0.1, -0.05) is 18.2 Å². The summed E-state index contributed by atoms with van der Waals surface area (Å²) in [6, 6.07) is 7.48. The number of amides is 1. The van der Waals surface area contributed by atoms with Crippen LogP contribution in [-0.4, -0.2) is 58.2 Å². The quantitative estimate of drug-likeness (QED) is 0.819. The summed E-state index contributed by atoms with van der Waals surface area (Å²) in [4.78, 5) is 16.5. The van der Waals surface area contributed by atoms with Crippen molar-refractivity contribution in [1.82, 2.24) is 19.6 Å². The van der Waals surface area contributed by atoms with Crippen molar-refractivity contribution in [1.29, 1.82) is 0 Å². The molecule has 0 unspecified atom stereocenters. The van der Waals surface area contributed by atoms with Crippen molar-refractivity contribution in [3.05, 3.63) is 52.8 Å². The third kappa shape index (κ3) is 4.50. The van der Waals surface area contributed by atoms with Gasteiger partial charge in [0.05, 0.1) is 11.3 Å². The number of hydrogen-bond donors (Lipinski definition) is 0. The van der Waals surface area contributed by atoms with Gasteiger partial charge in [-0.25, -0.2) is 0 Å². The lowest BCUT2D eigenvalue weighted by molar-refractivity contribution is -0.138. The first kappa shape index (κ1) is 19.4. The maximum absolute atomic E-state index is 13.1. The van der Waals surface area contributed by atoms with Crippen LogP contribution in [-0.2, 0) is 19.6 Å². The van der Waals surface area contributed by atoms with Crippen LogP contribution in [0.5, 0.6) is 0 Å². The maximum Gasteiger partial charge on any atom is 0.416 e. The molecule has 0 atom stereocenters. The minimum absolute atomic E-state index is 0.0554. The fraction of sp³-hybridized carbons (Fsp3) is 0.474. The minimum Gasteiger partial charge on any atom is -0.335 e. The van der Waals surface area contributed by atoms with Crippen LogP contribution in [0.25, 0.3) is 0 Å². The Morgan fingerprint density at radius 1 is 1.15 bits per heavy atom. The number of hydrogen-bond acceptors (Lipinski definition) is 3. The fourth-order valence-corrected chi connectivity index (χ4v) is 3.44. The number of halogens is 3. The first-order chi connectivity index (χ1) is 12.8. The van der Waals surface area contributed by atoms with Gasteiger partial charge in [-0.2, -0.15) is 18.3 Å². The summed E-state index contributed by atoms with van der Waals surface area (Å²) in [6.07, 6.45) is -3.99. The second-order valence-corrected chi connectivity index (χ2v) is 6.83. The first-order valence-electron chi connectivity index (χ1n) is 8.93. The Bertz CT molecular complexity index is 808. The van der Waals surface area contributed by atoms with Crippen molar-refractivity contribution in [3.8, 4) is 0 Å². The van der Waals surface area contributed by atoms with Gasteiger partial charge in [-0.05, 0) is 31.0 Å². The molecule has 1 aromatic heterocycles. The van der Waals surface area contributed by atoms with E-state index in [-0.39, 0.29) is 5.91 Å². The number of carbonyl (C=O) groups is 1. The largest absolute Gasteiger partial charge is 0.416 e. The molecule has 0 saturated carbocycles. The molecule has 1 saturated heterocycles. The van der Waals surface area contributed by atoms with Gasteiger partial charge in [0, 0.05) is 39.8 Å². The molecular weight excluding hydrogens is 357 g/mol. The van der Waals surface area contributed by atoms with Crippen molar-refractivity contribution < 1.29 is 18.0 Å². The number of rotatable bonds is 4. The van der Waals surface area contributed by atoms with E-state index in [9.17, 15) is 18.0 Å². The van der Waals surface area contributed by atoms with E-state index in [2.05, 4.69) is 10.00 Å². The molecule has 1 aromatic carbocycles. The Hall–Kier alpha value is -2.35. The Balaban J connectivity index is 1.55. The van der Waals surface area contributed by atoms with Crippen LogP contribution >= 0.6 is 0 Å². The highest BCUT2D eigenvalue weighted by molar-refractivity contribution is 5.92. The number of piperazine rings is 1. The van der Waals surface area contributed by atoms with Gasteiger partial charge in [-0.15, -0.1) is 0 Å². The SMILES string of the molecule is Cc1cc(C(=O)N2CCN(CCc3ccccc3C(F)(F)F)CC2)n(C)n1. The Kier molecular flexibility index (Phi) is 5.55. The van der Waals surface area contributed by atoms with Crippen molar-refractivity contribution >= 4 is 5.91 Å². The topological polar surface area (TPSA) is 41.4 Å². The fourth-order valence-electron chi connectivity index (χ4n) is 3.44. The lowest BCUT2D eigenvalue weighted by atomic mass is 10.0. The molecule has 1 aliphatic rings. The average Bonchev–Trinajstić information content (AvgIpc) is 2.97. The predicted molar refractivity (Wildman–Crippen MR) is 95.4 cm³/mol. The average molecular weight is 380 g/mol. The Morgan fingerprint density at radius 2 is 1.81 bits per heavy atom. The molecule has 1 aliphatic heterocycles. The molecule has 0 N–H and O–H groups in total. The second-order valence-electron chi connectivity index (χ2n) is 6.83. The van der Waals surface area contributed by atoms with Crippen LogP contribution in [0.15, 0.2) is 30.3 Å². The second kappa shape index (κ2) is 7.72. The number of nitrogens with zero attached hydrogens (tertiary/aromatic N) is 4. The van der Waals surface area contributed by atoms with E-state index in [0.717, 1.165) is 11.8 Å². The molecule has 0 bridgehead atoms. The smallest absolute Gasteiger partial charge is 0.335 e. The molecule has 5 nitrogen and oxygen atoms in total. The third-order valence-corrected chi connectivity index (χ3v) is 4.90. The zero-order chi connectivity index (χ0) is 19.6. The maximum atomic E-state index is 13.1. The van der Waals surface area contributed by atoms with Crippen molar-refractivity contribution in [2.24, 2.45) is 7.05 Å². The molecule has 27 heavy (non-hydrogen) atoms. The van der Waals surface area contributed by atoms with E-state index in [1.807, 2.05) is 6.92 Å². The standard InChI is InChI=1S/C19H23F3N4O/c1-14-13-17(24(2)23-14)18(27)26-11-9-25(10-12-26)8-7-15-5-3-4-6-16(15)19(20,21)22/h3-6,13H,7-12H2,1-2H3. The van der Waals surface area contributed by atoms with Crippen molar-refractivity contribution in [3.63, 3.8) is 0 Å². The third-order valence-electron chi connectivity index (χ3n) is 4.90. The van der Waals surface area contributed by atoms with Gasteiger partial charge < -0.3 is 4.90 Å². The molecule has 1 amide bonds. The molecule has 1 fully saturated rings. The predicted octanol–water partition coefficient (Wildman–Crippen LogP) is 2.75. The van der Waals surface area contributed by atoms with Crippen LogP contribution in [0.4, 0.5) is 13.2 Å².